The second kappa shape index (κ2) is 12.7. The molecule has 2 heterocycles. The molecule has 47 heavy (non-hydrogen) atoms. The minimum Gasteiger partial charge on any atom is -0.508 e. The fraction of sp³-hybridized carbons (Fsp3) is 0.500. The van der Waals surface area contributed by atoms with Crippen LogP contribution in [0.5, 0.6) is 40.2 Å². The number of fused-ring (bicyclic) bond motifs is 5. The van der Waals surface area contributed by atoms with Crippen LogP contribution in [0.1, 0.15) is 73.1 Å². The molecule has 0 aromatic heterocycles. The molecule has 1 fully saturated rings. The Morgan fingerprint density at radius 3 is 2.57 bits per heavy atom. The van der Waals surface area contributed by atoms with E-state index in [4.69, 9.17) is 18.9 Å². The average molecular weight is 683 g/mol. The Kier molecular flexibility index (Phi) is 8.78. The highest BCUT2D eigenvalue weighted by molar-refractivity contribution is 8.76. The molecule has 0 radical (unpaired) electrons. The van der Waals surface area contributed by atoms with Crippen LogP contribution in [-0.4, -0.2) is 70.1 Å². The first kappa shape index (κ1) is 32.4. The van der Waals surface area contributed by atoms with E-state index in [9.17, 15) is 25.5 Å². The first-order valence-electron chi connectivity index (χ1n) is 16.3. The summed E-state index contributed by atoms with van der Waals surface area (Å²) in [6.45, 7) is 2.22. The number of rotatable bonds is 6. The summed E-state index contributed by atoms with van der Waals surface area (Å²) >= 11 is 0. The molecule has 7 rings (SSSR count). The summed E-state index contributed by atoms with van der Waals surface area (Å²) in [5, 5.41) is 55.3. The monoisotopic (exact) mass is 682 g/mol. The number of phenols is 3. The molecule has 5 N–H and O–H groups in total. The molecular formula is C36H42O9S2. The van der Waals surface area contributed by atoms with Crippen LogP contribution in [-0.2, 0) is 12.0 Å². The van der Waals surface area contributed by atoms with E-state index in [0.29, 0.717) is 36.7 Å². The fourth-order valence-corrected chi connectivity index (χ4v) is 11.4. The van der Waals surface area contributed by atoms with Crippen LogP contribution in [0.2, 0.25) is 0 Å². The maximum atomic E-state index is 12.6. The zero-order chi connectivity index (χ0) is 33.0. The van der Waals surface area contributed by atoms with Crippen LogP contribution >= 0.6 is 21.6 Å². The third-order valence-corrected chi connectivity index (χ3v) is 13.5. The number of phenolic OH excluding ortho intramolecular Hbond substituents is 3. The smallest absolute Gasteiger partial charge is 0.207 e. The number of hydrogen-bond acceptors (Lipinski definition) is 11. The molecule has 0 amide bonds. The van der Waals surface area contributed by atoms with Gasteiger partial charge in [-0.2, -0.15) is 0 Å². The lowest BCUT2D eigenvalue weighted by Crippen LogP contribution is -2.56. The lowest BCUT2D eigenvalue weighted by molar-refractivity contribution is -0.112. The van der Waals surface area contributed by atoms with Gasteiger partial charge in [0.2, 0.25) is 11.5 Å². The van der Waals surface area contributed by atoms with Gasteiger partial charge in [-0.05, 0) is 78.8 Å². The van der Waals surface area contributed by atoms with E-state index in [1.165, 1.54) is 20.3 Å². The Morgan fingerprint density at radius 1 is 0.979 bits per heavy atom. The van der Waals surface area contributed by atoms with Gasteiger partial charge >= 0.3 is 0 Å². The Balaban J connectivity index is 1.50. The van der Waals surface area contributed by atoms with Crippen molar-refractivity contribution in [3.63, 3.8) is 0 Å². The van der Waals surface area contributed by atoms with Crippen LogP contribution in [0.3, 0.4) is 0 Å². The lowest BCUT2D eigenvalue weighted by Gasteiger charge is -2.53. The van der Waals surface area contributed by atoms with E-state index in [1.807, 2.05) is 39.8 Å². The normalized spacial score (nSPS) is 27.8. The highest BCUT2D eigenvalue weighted by Crippen LogP contribution is 2.64. The molecule has 252 valence electrons. The third-order valence-electron chi connectivity index (χ3n) is 10.6. The van der Waals surface area contributed by atoms with Gasteiger partial charge in [-0.3, -0.25) is 0 Å². The molecule has 4 bridgehead atoms. The Bertz CT molecular complexity index is 1680. The zero-order valence-corrected chi connectivity index (χ0v) is 28.5. The largest absolute Gasteiger partial charge is 0.508 e. The number of aliphatic hydroxyl groups is 2. The molecule has 2 aliphatic carbocycles. The van der Waals surface area contributed by atoms with Crippen molar-refractivity contribution in [1.82, 2.24) is 0 Å². The number of ether oxygens (including phenoxy) is 4. The molecule has 0 unspecified atom stereocenters. The molecule has 0 saturated heterocycles. The van der Waals surface area contributed by atoms with Gasteiger partial charge in [0.25, 0.3) is 0 Å². The summed E-state index contributed by atoms with van der Waals surface area (Å²) in [5.41, 5.74) is 3.89. The van der Waals surface area contributed by atoms with Crippen molar-refractivity contribution in [1.29, 1.82) is 0 Å². The number of methoxy groups -OCH3 is 2. The number of benzene rings is 3. The number of aromatic hydroxyl groups is 3. The second-order valence-electron chi connectivity index (χ2n) is 13.2. The predicted octanol–water partition coefficient (Wildman–Crippen LogP) is 6.59. The molecule has 0 spiro atoms. The summed E-state index contributed by atoms with van der Waals surface area (Å²) in [6.07, 6.45) is 3.85. The number of aliphatic hydroxyl groups excluding tert-OH is 2. The highest BCUT2D eigenvalue weighted by atomic mass is 33.1. The molecule has 4 aliphatic rings. The predicted molar refractivity (Wildman–Crippen MR) is 183 cm³/mol. The Morgan fingerprint density at radius 2 is 1.81 bits per heavy atom. The van der Waals surface area contributed by atoms with Gasteiger partial charge in [-0.15, -0.1) is 0 Å². The highest BCUT2D eigenvalue weighted by Gasteiger charge is 2.59. The van der Waals surface area contributed by atoms with Crippen molar-refractivity contribution < 1.29 is 44.5 Å². The van der Waals surface area contributed by atoms with Gasteiger partial charge in [-0.25, -0.2) is 0 Å². The van der Waals surface area contributed by atoms with Crippen LogP contribution < -0.4 is 18.9 Å². The first-order chi connectivity index (χ1) is 22.7. The van der Waals surface area contributed by atoms with E-state index in [1.54, 1.807) is 6.07 Å². The van der Waals surface area contributed by atoms with Crippen molar-refractivity contribution in [2.45, 2.75) is 74.2 Å². The van der Waals surface area contributed by atoms with E-state index >= 15 is 0 Å². The molecule has 11 heteroatoms. The van der Waals surface area contributed by atoms with E-state index in [-0.39, 0.29) is 64.6 Å². The number of hydrogen-bond donors (Lipinski definition) is 5. The SMILES string of the molecule is COc1cc([C@@]23CC[C@@H]4SSCC[C@H](C)CC[C@@H]5Cc6c(c(OCCO)cc(c6[C@@H]4[C@H]2O)O3)-c2ccc(O)cc25)c(O)c(OC)c1O. The van der Waals surface area contributed by atoms with Crippen LogP contribution in [0, 0.1) is 5.92 Å². The first-order valence-corrected chi connectivity index (χ1v) is 18.7. The van der Waals surface area contributed by atoms with Gasteiger partial charge in [0, 0.05) is 39.7 Å². The molecule has 3 aromatic carbocycles. The average Bonchev–Trinajstić information content (AvgIpc) is 3.06. The van der Waals surface area contributed by atoms with Crippen LogP contribution in [0.15, 0.2) is 30.3 Å². The van der Waals surface area contributed by atoms with Crippen molar-refractivity contribution in [3.05, 3.63) is 52.6 Å². The minimum absolute atomic E-state index is 0.0536. The Labute approximate surface area is 282 Å². The maximum Gasteiger partial charge on any atom is 0.207 e. The molecule has 1 saturated carbocycles. The standard InChI is InChI=1S/C36H42O9S2/c1-18-4-5-19-14-23-29(21-7-6-20(38)15-22(19)21)25(44-12-11-37)17-26-30(23)31-28(47-46-13-9-18)8-10-36(45-26,35(31)41)24-16-27(42-2)33(40)34(43-3)32(24)39/h6-7,15-19,28,31,35,37-41H,4-5,8-14H2,1-3H3/t18-,19-,28+,31-,35-,36+/m1/s1. The molecular weight excluding hydrogens is 641 g/mol. The molecule has 9 nitrogen and oxygen atoms in total. The van der Waals surface area contributed by atoms with E-state index < -0.39 is 11.7 Å². The van der Waals surface area contributed by atoms with Gasteiger partial charge in [-0.1, -0.05) is 41.0 Å². The molecule has 3 aromatic rings. The summed E-state index contributed by atoms with van der Waals surface area (Å²) in [6, 6.07) is 8.93. The van der Waals surface area contributed by atoms with Crippen molar-refractivity contribution in [3.8, 4) is 51.4 Å². The van der Waals surface area contributed by atoms with Crippen molar-refractivity contribution in [2.75, 3.05) is 33.2 Å². The minimum atomic E-state index is -1.37. The van der Waals surface area contributed by atoms with E-state index in [0.717, 1.165) is 52.8 Å². The Hall–Kier alpha value is -3.12. The topological polar surface area (TPSA) is 138 Å². The van der Waals surface area contributed by atoms with Crippen molar-refractivity contribution in [2.24, 2.45) is 5.92 Å². The van der Waals surface area contributed by atoms with Gasteiger partial charge in [0.15, 0.2) is 17.1 Å². The summed E-state index contributed by atoms with van der Waals surface area (Å²) in [4.78, 5) is 0. The quantitative estimate of drug-likeness (QED) is 0.180. The fourth-order valence-electron chi connectivity index (χ4n) is 8.24. The summed E-state index contributed by atoms with van der Waals surface area (Å²) in [5.74, 6) is 1.99. The van der Waals surface area contributed by atoms with Gasteiger partial charge in [0.05, 0.1) is 20.8 Å². The molecule has 6 atom stereocenters. The van der Waals surface area contributed by atoms with Crippen LogP contribution in [0.4, 0.5) is 0 Å². The maximum absolute atomic E-state index is 12.6. The summed E-state index contributed by atoms with van der Waals surface area (Å²) in [7, 11) is 6.46. The van der Waals surface area contributed by atoms with Gasteiger partial charge in [0.1, 0.15) is 30.0 Å². The molecule has 2 aliphatic heterocycles. The second-order valence-corrected chi connectivity index (χ2v) is 15.9. The lowest BCUT2D eigenvalue weighted by atomic mass is 9.64. The van der Waals surface area contributed by atoms with Crippen LogP contribution in [0.25, 0.3) is 11.1 Å². The van der Waals surface area contributed by atoms with E-state index in [2.05, 4.69) is 6.92 Å². The zero-order valence-electron chi connectivity index (χ0n) is 26.8. The van der Waals surface area contributed by atoms with Gasteiger partial charge < -0.3 is 44.5 Å². The van der Waals surface area contributed by atoms with Crippen molar-refractivity contribution >= 4 is 21.6 Å². The third kappa shape index (κ3) is 5.25. The summed E-state index contributed by atoms with van der Waals surface area (Å²) < 4.78 is 24.1.